The summed E-state index contributed by atoms with van der Waals surface area (Å²) in [7, 11) is 0. The van der Waals surface area contributed by atoms with Crippen LogP contribution in [0, 0.1) is 0 Å². The predicted molar refractivity (Wildman–Crippen MR) is 90.6 cm³/mol. The molecule has 0 spiro atoms. The number of halogens is 1. The van der Waals surface area contributed by atoms with Gasteiger partial charge in [0, 0.05) is 32.2 Å². The number of carbonyl (C=O) groups excluding carboxylic acids is 1. The van der Waals surface area contributed by atoms with Crippen molar-refractivity contribution in [3.63, 3.8) is 0 Å². The third-order valence-corrected chi connectivity index (χ3v) is 3.68. The quantitative estimate of drug-likeness (QED) is 0.829. The minimum absolute atomic E-state index is 0. The highest BCUT2D eigenvalue weighted by Crippen LogP contribution is 2.13. The molecule has 1 heterocycles. The largest absolute Gasteiger partial charge is 0.494 e. The van der Waals surface area contributed by atoms with Gasteiger partial charge in [0.05, 0.1) is 13.2 Å². The molecule has 2 rings (SSSR count). The molecule has 1 aromatic carbocycles. The minimum Gasteiger partial charge on any atom is -0.494 e. The summed E-state index contributed by atoms with van der Waals surface area (Å²) in [6.45, 7) is 8.59. The number of rotatable bonds is 6. The van der Waals surface area contributed by atoms with Gasteiger partial charge in [-0.15, -0.1) is 12.4 Å². The van der Waals surface area contributed by atoms with Crippen LogP contribution in [0.2, 0.25) is 0 Å². The predicted octanol–water partition coefficient (Wildman–Crippen LogP) is 1.42. The van der Waals surface area contributed by atoms with Gasteiger partial charge in [0.2, 0.25) is 5.91 Å². The van der Waals surface area contributed by atoms with Crippen molar-refractivity contribution in [2.45, 2.75) is 26.4 Å². The van der Waals surface area contributed by atoms with Crippen LogP contribution in [0.5, 0.6) is 5.75 Å². The lowest BCUT2D eigenvalue weighted by Crippen LogP contribution is -2.52. The van der Waals surface area contributed by atoms with E-state index in [9.17, 15) is 4.79 Å². The van der Waals surface area contributed by atoms with Crippen molar-refractivity contribution in [3.8, 4) is 5.75 Å². The lowest BCUT2D eigenvalue weighted by Gasteiger charge is -2.33. The van der Waals surface area contributed by atoms with Gasteiger partial charge in [-0.25, -0.2) is 0 Å². The summed E-state index contributed by atoms with van der Waals surface area (Å²) < 4.78 is 5.46. The van der Waals surface area contributed by atoms with Gasteiger partial charge in [-0.05, 0) is 31.5 Å². The third-order valence-electron chi connectivity index (χ3n) is 3.68. The summed E-state index contributed by atoms with van der Waals surface area (Å²) in [5.74, 6) is 0.922. The zero-order valence-corrected chi connectivity index (χ0v) is 14.1. The first kappa shape index (κ1) is 18.7. The Morgan fingerprint density at radius 2 is 2.32 bits per heavy atom. The fourth-order valence-corrected chi connectivity index (χ4v) is 2.47. The Hall–Kier alpha value is -1.30. The summed E-state index contributed by atoms with van der Waals surface area (Å²) in [6, 6.07) is 8.25. The van der Waals surface area contributed by atoms with Gasteiger partial charge in [0.15, 0.2) is 0 Å². The van der Waals surface area contributed by atoms with Crippen molar-refractivity contribution in [2.24, 2.45) is 0 Å². The maximum absolute atomic E-state index is 12.0. The molecule has 1 aliphatic rings. The van der Waals surface area contributed by atoms with E-state index in [1.165, 1.54) is 0 Å². The van der Waals surface area contributed by atoms with Crippen LogP contribution in [0.1, 0.15) is 19.4 Å². The van der Waals surface area contributed by atoms with Crippen LogP contribution in [-0.2, 0) is 11.3 Å². The summed E-state index contributed by atoms with van der Waals surface area (Å²) >= 11 is 0. The molecule has 2 N–H and O–H groups in total. The van der Waals surface area contributed by atoms with E-state index in [1.807, 2.05) is 31.2 Å². The third kappa shape index (κ3) is 5.83. The Bertz CT molecular complexity index is 470. The average Bonchev–Trinajstić information content (AvgIpc) is 2.48. The molecule has 6 heteroatoms. The highest BCUT2D eigenvalue weighted by Gasteiger charge is 2.19. The first-order valence-corrected chi connectivity index (χ1v) is 7.62. The molecule has 0 radical (unpaired) electrons. The lowest BCUT2D eigenvalue weighted by molar-refractivity contribution is -0.123. The first-order valence-electron chi connectivity index (χ1n) is 7.62. The lowest BCUT2D eigenvalue weighted by atomic mass is 10.2. The van der Waals surface area contributed by atoms with E-state index in [1.54, 1.807) is 0 Å². The highest BCUT2D eigenvalue weighted by atomic mass is 35.5. The standard InChI is InChI=1S/C16H25N3O2.ClH/c1-3-21-15-6-4-5-14(9-15)11-18-16(20)12-19-8-7-17-10-13(19)2;/h4-6,9,13,17H,3,7-8,10-12H2,1-2H3,(H,18,20);1H/t13-;/m0./s1. The second kappa shape index (κ2) is 9.66. The molecule has 0 saturated carbocycles. The van der Waals surface area contributed by atoms with Crippen molar-refractivity contribution in [2.75, 3.05) is 32.8 Å². The molecule has 0 aromatic heterocycles. The van der Waals surface area contributed by atoms with Crippen molar-refractivity contribution in [3.05, 3.63) is 29.8 Å². The number of ether oxygens (including phenoxy) is 1. The second-order valence-electron chi connectivity index (χ2n) is 5.38. The molecule has 1 atom stereocenters. The summed E-state index contributed by atoms with van der Waals surface area (Å²) in [5, 5.41) is 6.31. The van der Waals surface area contributed by atoms with Gasteiger partial charge in [-0.2, -0.15) is 0 Å². The van der Waals surface area contributed by atoms with Crippen LogP contribution < -0.4 is 15.4 Å². The average molecular weight is 328 g/mol. The Morgan fingerprint density at radius 3 is 3.05 bits per heavy atom. The Balaban J connectivity index is 0.00000242. The van der Waals surface area contributed by atoms with Crippen LogP contribution in [0.25, 0.3) is 0 Å². The number of amides is 1. The monoisotopic (exact) mass is 327 g/mol. The summed E-state index contributed by atoms with van der Waals surface area (Å²) in [6.07, 6.45) is 0. The van der Waals surface area contributed by atoms with Crippen molar-refractivity contribution >= 4 is 18.3 Å². The second-order valence-corrected chi connectivity index (χ2v) is 5.38. The Morgan fingerprint density at radius 1 is 1.50 bits per heavy atom. The zero-order chi connectivity index (χ0) is 15.1. The molecule has 1 aliphatic heterocycles. The number of nitrogens with zero attached hydrogens (tertiary/aromatic N) is 1. The van der Waals surface area contributed by atoms with Gasteiger partial charge >= 0.3 is 0 Å². The van der Waals surface area contributed by atoms with Crippen molar-refractivity contribution in [1.82, 2.24) is 15.5 Å². The summed E-state index contributed by atoms with van der Waals surface area (Å²) in [4.78, 5) is 14.2. The van der Waals surface area contributed by atoms with Gasteiger partial charge in [-0.1, -0.05) is 12.1 Å². The SMILES string of the molecule is CCOc1cccc(CNC(=O)CN2CCNC[C@@H]2C)c1.Cl. The topological polar surface area (TPSA) is 53.6 Å². The van der Waals surface area contributed by atoms with E-state index in [0.717, 1.165) is 30.9 Å². The van der Waals surface area contributed by atoms with Crippen LogP contribution in [0.3, 0.4) is 0 Å². The fraction of sp³-hybridized carbons (Fsp3) is 0.562. The molecule has 22 heavy (non-hydrogen) atoms. The molecule has 1 saturated heterocycles. The first-order chi connectivity index (χ1) is 10.2. The molecular weight excluding hydrogens is 302 g/mol. The van der Waals surface area contributed by atoms with Crippen LogP contribution in [0.4, 0.5) is 0 Å². The van der Waals surface area contributed by atoms with Crippen LogP contribution >= 0.6 is 12.4 Å². The number of nitrogens with one attached hydrogen (secondary N) is 2. The number of carbonyl (C=O) groups is 1. The molecular formula is C16H26ClN3O2. The smallest absolute Gasteiger partial charge is 0.234 e. The van der Waals surface area contributed by atoms with Gasteiger partial charge in [0.1, 0.15) is 5.75 Å². The van der Waals surface area contributed by atoms with E-state index < -0.39 is 0 Å². The fourth-order valence-electron chi connectivity index (χ4n) is 2.47. The van der Waals surface area contributed by atoms with Crippen molar-refractivity contribution < 1.29 is 9.53 Å². The maximum Gasteiger partial charge on any atom is 0.234 e. The van der Waals surface area contributed by atoms with Crippen LogP contribution in [-0.4, -0.2) is 49.6 Å². The molecule has 124 valence electrons. The van der Waals surface area contributed by atoms with Gasteiger partial charge < -0.3 is 15.4 Å². The zero-order valence-electron chi connectivity index (χ0n) is 13.3. The normalized spacial score (nSPS) is 18.4. The molecule has 5 nitrogen and oxygen atoms in total. The van der Waals surface area contributed by atoms with E-state index in [4.69, 9.17) is 4.74 Å². The van der Waals surface area contributed by atoms with Gasteiger partial charge in [0.25, 0.3) is 0 Å². The molecule has 1 amide bonds. The number of piperazine rings is 1. The van der Waals surface area contributed by atoms with Gasteiger partial charge in [-0.3, -0.25) is 9.69 Å². The molecule has 1 aromatic rings. The molecule has 0 aliphatic carbocycles. The molecule has 0 unspecified atom stereocenters. The summed E-state index contributed by atoms with van der Waals surface area (Å²) in [5.41, 5.74) is 1.06. The van der Waals surface area contributed by atoms with E-state index in [0.29, 0.717) is 25.7 Å². The number of benzene rings is 1. The van der Waals surface area contributed by atoms with E-state index >= 15 is 0 Å². The number of hydrogen-bond donors (Lipinski definition) is 2. The maximum atomic E-state index is 12.0. The highest BCUT2D eigenvalue weighted by molar-refractivity contribution is 5.85. The number of hydrogen-bond acceptors (Lipinski definition) is 4. The van der Waals surface area contributed by atoms with Crippen molar-refractivity contribution in [1.29, 1.82) is 0 Å². The van der Waals surface area contributed by atoms with Crippen LogP contribution in [0.15, 0.2) is 24.3 Å². The Labute approximate surface area is 138 Å². The molecule has 0 bridgehead atoms. The Kier molecular flexibility index (Phi) is 8.24. The minimum atomic E-state index is 0. The molecule has 1 fully saturated rings. The van der Waals surface area contributed by atoms with E-state index in [-0.39, 0.29) is 18.3 Å². The van der Waals surface area contributed by atoms with E-state index in [2.05, 4.69) is 22.5 Å².